The Balaban J connectivity index is 2.18. The monoisotopic (exact) mass is 369 g/mol. The average molecular weight is 369 g/mol. The van der Waals surface area contributed by atoms with Crippen LogP contribution in [0, 0.1) is 6.92 Å². The van der Waals surface area contributed by atoms with Gasteiger partial charge in [0.2, 0.25) is 0 Å². The number of nitrogens with zero attached hydrogens (tertiary/aromatic N) is 2. The fraction of sp³-hybridized carbons (Fsp3) is 0.333. The van der Waals surface area contributed by atoms with Crippen molar-refractivity contribution in [2.75, 3.05) is 39.7 Å². The van der Waals surface area contributed by atoms with E-state index in [2.05, 4.69) is 5.32 Å². The molecular weight excluding hydrogens is 342 g/mol. The lowest BCUT2D eigenvalue weighted by Crippen LogP contribution is -2.37. The normalized spacial score (nSPS) is 10.4. The van der Waals surface area contributed by atoms with Crippen LogP contribution in [0.3, 0.4) is 0 Å². The molecule has 1 N–H and O–H groups in total. The molecule has 144 valence electrons. The predicted octanol–water partition coefficient (Wildman–Crippen LogP) is 3.38. The van der Waals surface area contributed by atoms with Crippen molar-refractivity contribution in [1.82, 2.24) is 9.80 Å². The predicted molar refractivity (Wildman–Crippen MR) is 107 cm³/mol. The van der Waals surface area contributed by atoms with E-state index in [0.717, 1.165) is 11.1 Å². The Kier molecular flexibility index (Phi) is 7.37. The van der Waals surface area contributed by atoms with Gasteiger partial charge in [-0.25, -0.2) is 4.79 Å². The van der Waals surface area contributed by atoms with Gasteiger partial charge in [0.25, 0.3) is 5.91 Å². The van der Waals surface area contributed by atoms with Crippen LogP contribution in [-0.2, 0) is 11.3 Å². The van der Waals surface area contributed by atoms with Crippen LogP contribution in [0.25, 0.3) is 0 Å². The molecule has 6 heteroatoms. The van der Waals surface area contributed by atoms with Crippen molar-refractivity contribution in [1.29, 1.82) is 0 Å². The third-order valence-electron chi connectivity index (χ3n) is 4.20. The maximum absolute atomic E-state index is 12.9. The highest BCUT2D eigenvalue weighted by molar-refractivity contribution is 5.97. The summed E-state index contributed by atoms with van der Waals surface area (Å²) in [6, 6.07) is 14.9. The summed E-state index contributed by atoms with van der Waals surface area (Å²) in [5, 5.41) is 2.93. The number of hydrogen-bond donors (Lipinski definition) is 1. The zero-order chi connectivity index (χ0) is 19.8. The Hall–Kier alpha value is -2.86. The van der Waals surface area contributed by atoms with Crippen LogP contribution in [0.5, 0.6) is 0 Å². The number of amides is 3. The van der Waals surface area contributed by atoms with Gasteiger partial charge in [-0.2, -0.15) is 0 Å². The highest BCUT2D eigenvalue weighted by Crippen LogP contribution is 2.19. The molecule has 0 aliphatic heterocycles. The molecule has 0 aromatic heterocycles. The maximum Gasteiger partial charge on any atom is 0.322 e. The number of aryl methyl sites for hydroxylation is 1. The molecule has 0 fully saturated rings. The first-order valence-corrected chi connectivity index (χ1v) is 8.83. The van der Waals surface area contributed by atoms with Crippen LogP contribution >= 0.6 is 0 Å². The topological polar surface area (TPSA) is 61.9 Å². The molecule has 0 atom stereocenters. The molecule has 0 radical (unpaired) electrons. The maximum atomic E-state index is 12.9. The number of nitrogens with one attached hydrogen (secondary N) is 1. The van der Waals surface area contributed by atoms with Gasteiger partial charge in [-0.15, -0.1) is 0 Å². The zero-order valence-corrected chi connectivity index (χ0v) is 16.4. The summed E-state index contributed by atoms with van der Waals surface area (Å²) in [5.74, 6) is -0.106. The van der Waals surface area contributed by atoms with Crippen molar-refractivity contribution in [2.24, 2.45) is 0 Å². The highest BCUT2D eigenvalue weighted by atomic mass is 16.5. The summed E-state index contributed by atoms with van der Waals surface area (Å²) in [5.41, 5.74) is 3.10. The van der Waals surface area contributed by atoms with Crippen LogP contribution in [-0.4, -0.2) is 56.1 Å². The summed E-state index contributed by atoms with van der Waals surface area (Å²) >= 11 is 0. The second kappa shape index (κ2) is 9.73. The minimum Gasteiger partial charge on any atom is -0.383 e. The summed E-state index contributed by atoms with van der Waals surface area (Å²) in [6.07, 6.45) is 0. The number of benzene rings is 2. The smallest absolute Gasteiger partial charge is 0.322 e. The molecule has 3 amide bonds. The second-order valence-corrected chi connectivity index (χ2v) is 6.56. The van der Waals surface area contributed by atoms with Gasteiger partial charge in [0, 0.05) is 45.5 Å². The first-order chi connectivity index (χ1) is 12.9. The highest BCUT2D eigenvalue weighted by Gasteiger charge is 2.16. The van der Waals surface area contributed by atoms with E-state index in [4.69, 9.17) is 4.74 Å². The third kappa shape index (κ3) is 5.82. The van der Waals surface area contributed by atoms with E-state index in [0.29, 0.717) is 30.9 Å². The molecule has 2 aromatic rings. The third-order valence-corrected chi connectivity index (χ3v) is 4.20. The summed E-state index contributed by atoms with van der Waals surface area (Å²) < 4.78 is 5.14. The summed E-state index contributed by atoms with van der Waals surface area (Å²) in [4.78, 5) is 28.3. The number of methoxy groups -OCH3 is 1. The molecule has 0 bridgehead atoms. The molecule has 6 nitrogen and oxygen atoms in total. The van der Waals surface area contributed by atoms with Crippen molar-refractivity contribution in [2.45, 2.75) is 13.5 Å². The van der Waals surface area contributed by atoms with Crippen molar-refractivity contribution < 1.29 is 14.3 Å². The largest absolute Gasteiger partial charge is 0.383 e. The second-order valence-electron chi connectivity index (χ2n) is 6.56. The number of hydrogen-bond acceptors (Lipinski definition) is 3. The van der Waals surface area contributed by atoms with Crippen molar-refractivity contribution in [3.05, 3.63) is 65.2 Å². The van der Waals surface area contributed by atoms with Gasteiger partial charge in [0.05, 0.1) is 6.61 Å². The molecule has 0 unspecified atom stereocenters. The first kappa shape index (κ1) is 20.5. The number of carbonyl (C=O) groups excluding carboxylic acids is 2. The molecule has 0 spiro atoms. The lowest BCUT2D eigenvalue weighted by Gasteiger charge is -2.24. The molecule has 0 saturated heterocycles. The lowest BCUT2D eigenvalue weighted by atomic mass is 10.1. The molecule has 0 heterocycles. The zero-order valence-electron chi connectivity index (χ0n) is 16.4. The van der Waals surface area contributed by atoms with E-state index in [1.54, 1.807) is 38.2 Å². The number of urea groups is 1. The molecule has 2 rings (SSSR count). The molecule has 0 aliphatic carbocycles. The average Bonchev–Trinajstić information content (AvgIpc) is 2.66. The number of anilines is 1. The van der Waals surface area contributed by atoms with E-state index in [-0.39, 0.29) is 11.9 Å². The van der Waals surface area contributed by atoms with E-state index >= 15 is 0 Å². The Morgan fingerprint density at radius 1 is 1.07 bits per heavy atom. The van der Waals surface area contributed by atoms with Crippen LogP contribution in [0.1, 0.15) is 21.5 Å². The van der Waals surface area contributed by atoms with Crippen LogP contribution in [0.4, 0.5) is 10.5 Å². The Labute approximate surface area is 160 Å². The van der Waals surface area contributed by atoms with Gasteiger partial charge in [-0.3, -0.25) is 4.79 Å². The van der Waals surface area contributed by atoms with Crippen molar-refractivity contribution >= 4 is 17.6 Å². The summed E-state index contributed by atoms with van der Waals surface area (Å²) in [7, 11) is 5.01. The van der Waals surface area contributed by atoms with E-state index < -0.39 is 0 Å². The van der Waals surface area contributed by atoms with Crippen molar-refractivity contribution in [3.63, 3.8) is 0 Å². The summed E-state index contributed by atoms with van der Waals surface area (Å²) in [6.45, 7) is 3.28. The molecule has 27 heavy (non-hydrogen) atoms. The number of carbonyl (C=O) groups is 2. The Bertz CT molecular complexity index is 775. The molecule has 0 saturated carbocycles. The van der Waals surface area contributed by atoms with Crippen LogP contribution in [0.15, 0.2) is 48.5 Å². The van der Waals surface area contributed by atoms with Gasteiger partial charge >= 0.3 is 6.03 Å². The van der Waals surface area contributed by atoms with E-state index in [1.807, 2.05) is 43.3 Å². The first-order valence-electron chi connectivity index (χ1n) is 8.83. The fourth-order valence-corrected chi connectivity index (χ4v) is 2.60. The Morgan fingerprint density at radius 3 is 2.41 bits per heavy atom. The van der Waals surface area contributed by atoms with Gasteiger partial charge in [-0.05, 0) is 30.2 Å². The number of rotatable bonds is 7. The van der Waals surface area contributed by atoms with Crippen LogP contribution in [0.2, 0.25) is 0 Å². The standard InChI is InChI=1S/C21H27N3O3/c1-16-10-11-18(20(25)23(2)3)14-19(16)22-21(26)24(12-13-27-4)15-17-8-6-5-7-9-17/h5-11,14H,12-13,15H2,1-4H3,(H,22,26). The van der Waals surface area contributed by atoms with E-state index in [9.17, 15) is 9.59 Å². The van der Waals surface area contributed by atoms with E-state index in [1.165, 1.54) is 4.90 Å². The Morgan fingerprint density at radius 2 is 1.78 bits per heavy atom. The van der Waals surface area contributed by atoms with Gasteiger partial charge in [0.15, 0.2) is 0 Å². The SMILES string of the molecule is COCCN(Cc1ccccc1)C(=O)Nc1cc(C(=O)N(C)C)ccc1C. The molecular formula is C21H27N3O3. The fourth-order valence-electron chi connectivity index (χ4n) is 2.60. The van der Waals surface area contributed by atoms with Gasteiger partial charge in [0.1, 0.15) is 0 Å². The van der Waals surface area contributed by atoms with Crippen LogP contribution < -0.4 is 5.32 Å². The van der Waals surface area contributed by atoms with Gasteiger partial charge < -0.3 is 19.9 Å². The minimum absolute atomic E-state index is 0.106. The lowest BCUT2D eigenvalue weighted by molar-refractivity contribution is 0.0827. The van der Waals surface area contributed by atoms with Gasteiger partial charge in [-0.1, -0.05) is 36.4 Å². The van der Waals surface area contributed by atoms with Crippen molar-refractivity contribution in [3.8, 4) is 0 Å². The number of ether oxygens (including phenoxy) is 1. The molecule has 2 aromatic carbocycles. The minimum atomic E-state index is -0.228. The quantitative estimate of drug-likeness (QED) is 0.814. The molecule has 0 aliphatic rings.